The molecule has 1 unspecified atom stereocenters. The normalized spacial score (nSPS) is 24.9. The molecule has 4 heteroatoms. The molecule has 0 bridgehead atoms. The van der Waals surface area contributed by atoms with Gasteiger partial charge in [-0.05, 0) is 55.2 Å². The van der Waals surface area contributed by atoms with Gasteiger partial charge in [-0.2, -0.15) is 11.8 Å². The highest BCUT2D eigenvalue weighted by atomic mass is 32.2. The number of aromatic nitrogens is 1. The first-order chi connectivity index (χ1) is 10.3. The number of thioether (sulfide) groups is 1. The van der Waals surface area contributed by atoms with Gasteiger partial charge < -0.3 is 4.74 Å². The van der Waals surface area contributed by atoms with E-state index in [0.29, 0.717) is 12.2 Å². The number of ketones is 1. The Morgan fingerprint density at radius 2 is 2.29 bits per heavy atom. The number of rotatable bonds is 4. The van der Waals surface area contributed by atoms with E-state index < -0.39 is 0 Å². The second-order valence-corrected chi connectivity index (χ2v) is 7.39. The summed E-state index contributed by atoms with van der Waals surface area (Å²) in [5.74, 6) is 2.98. The first kappa shape index (κ1) is 15.0. The zero-order chi connectivity index (χ0) is 14.5. The van der Waals surface area contributed by atoms with Gasteiger partial charge in [0.2, 0.25) is 0 Å². The fourth-order valence-electron chi connectivity index (χ4n) is 3.41. The number of carbonyl (C=O) groups is 1. The first-order valence-corrected chi connectivity index (χ1v) is 9.06. The van der Waals surface area contributed by atoms with Crippen molar-refractivity contribution >= 4 is 17.5 Å². The third kappa shape index (κ3) is 3.86. The lowest BCUT2D eigenvalue weighted by molar-refractivity contribution is -0.138. The highest BCUT2D eigenvalue weighted by Crippen LogP contribution is 2.40. The van der Waals surface area contributed by atoms with Crippen LogP contribution in [-0.4, -0.2) is 34.5 Å². The lowest BCUT2D eigenvalue weighted by Crippen LogP contribution is -2.44. The van der Waals surface area contributed by atoms with E-state index in [1.807, 2.05) is 30.1 Å². The van der Waals surface area contributed by atoms with Gasteiger partial charge in [-0.1, -0.05) is 6.07 Å². The fraction of sp³-hybridized carbons (Fsp3) is 0.647. The van der Waals surface area contributed by atoms with E-state index in [1.165, 1.54) is 11.5 Å². The quantitative estimate of drug-likeness (QED) is 0.856. The van der Waals surface area contributed by atoms with Crippen molar-refractivity contribution in [1.82, 2.24) is 4.98 Å². The molecule has 3 heterocycles. The van der Waals surface area contributed by atoms with Crippen LogP contribution < -0.4 is 0 Å². The SMILES string of the molecule is O=C(CCc1cccnc1)C1CCOC2(CCSCC2)C1. The second-order valence-electron chi connectivity index (χ2n) is 6.16. The van der Waals surface area contributed by atoms with Crippen molar-refractivity contribution < 1.29 is 9.53 Å². The third-order valence-electron chi connectivity index (χ3n) is 4.74. The number of hydrogen-bond donors (Lipinski definition) is 0. The molecule has 1 aromatic heterocycles. The van der Waals surface area contributed by atoms with Crippen molar-refractivity contribution in [2.75, 3.05) is 18.1 Å². The van der Waals surface area contributed by atoms with Crippen molar-refractivity contribution in [3.05, 3.63) is 30.1 Å². The van der Waals surface area contributed by atoms with E-state index in [4.69, 9.17) is 4.74 Å². The zero-order valence-electron chi connectivity index (χ0n) is 12.4. The molecule has 1 atom stereocenters. The van der Waals surface area contributed by atoms with E-state index in [9.17, 15) is 4.79 Å². The Balaban J connectivity index is 1.54. The van der Waals surface area contributed by atoms with Gasteiger partial charge in [-0.25, -0.2) is 0 Å². The molecule has 0 saturated carbocycles. The largest absolute Gasteiger partial charge is 0.375 e. The predicted molar refractivity (Wildman–Crippen MR) is 85.5 cm³/mol. The minimum atomic E-state index is 0.0120. The molecule has 21 heavy (non-hydrogen) atoms. The second kappa shape index (κ2) is 6.93. The van der Waals surface area contributed by atoms with Gasteiger partial charge in [0.25, 0.3) is 0 Å². The zero-order valence-corrected chi connectivity index (χ0v) is 13.2. The highest BCUT2D eigenvalue weighted by molar-refractivity contribution is 7.99. The number of nitrogens with zero attached hydrogens (tertiary/aromatic N) is 1. The molecule has 1 spiro atoms. The summed E-state index contributed by atoms with van der Waals surface area (Å²) in [4.78, 5) is 16.6. The number of Topliss-reactive ketones (excluding diaryl/α,β-unsaturated/α-hetero) is 1. The lowest BCUT2D eigenvalue weighted by atomic mass is 9.79. The number of pyridine rings is 1. The van der Waals surface area contributed by atoms with Gasteiger partial charge in [0.15, 0.2) is 0 Å². The molecular formula is C17H23NO2S. The van der Waals surface area contributed by atoms with Crippen LogP contribution in [0.2, 0.25) is 0 Å². The minimum absolute atomic E-state index is 0.0120. The van der Waals surface area contributed by atoms with Gasteiger partial charge in [0.1, 0.15) is 5.78 Å². The molecule has 0 aliphatic carbocycles. The van der Waals surface area contributed by atoms with Crippen LogP contribution in [0, 0.1) is 5.92 Å². The minimum Gasteiger partial charge on any atom is -0.375 e. The Morgan fingerprint density at radius 3 is 3.05 bits per heavy atom. The van der Waals surface area contributed by atoms with Crippen LogP contribution in [0.3, 0.4) is 0 Å². The van der Waals surface area contributed by atoms with E-state index in [1.54, 1.807) is 6.20 Å². The smallest absolute Gasteiger partial charge is 0.136 e. The lowest BCUT2D eigenvalue weighted by Gasteiger charge is -2.43. The summed E-state index contributed by atoms with van der Waals surface area (Å²) in [7, 11) is 0. The predicted octanol–water partition coefficient (Wildman–Crippen LogP) is 3.28. The number of aryl methyl sites for hydroxylation is 1. The summed E-state index contributed by atoms with van der Waals surface area (Å²) in [6.07, 6.45) is 9.16. The fourth-order valence-corrected chi connectivity index (χ4v) is 4.65. The molecule has 2 saturated heterocycles. The average molecular weight is 305 g/mol. The summed E-state index contributed by atoms with van der Waals surface area (Å²) < 4.78 is 6.07. The van der Waals surface area contributed by atoms with Crippen molar-refractivity contribution in [2.24, 2.45) is 5.92 Å². The van der Waals surface area contributed by atoms with Crippen LogP contribution in [-0.2, 0) is 16.0 Å². The molecule has 3 rings (SSSR count). The molecule has 2 aliphatic heterocycles. The van der Waals surface area contributed by atoms with Crippen LogP contribution in [0.15, 0.2) is 24.5 Å². The molecular weight excluding hydrogens is 282 g/mol. The molecule has 3 nitrogen and oxygen atoms in total. The highest BCUT2D eigenvalue weighted by Gasteiger charge is 2.40. The maximum atomic E-state index is 12.5. The summed E-state index contributed by atoms with van der Waals surface area (Å²) >= 11 is 2.01. The standard InChI is InChI=1S/C17H23NO2S/c19-16(4-3-14-2-1-8-18-13-14)15-5-9-20-17(12-15)6-10-21-11-7-17/h1-2,8,13,15H,3-7,9-12H2. The number of carbonyl (C=O) groups excluding carboxylic acids is 1. The van der Waals surface area contributed by atoms with E-state index in [-0.39, 0.29) is 11.5 Å². The van der Waals surface area contributed by atoms with Crippen LogP contribution in [0.25, 0.3) is 0 Å². The summed E-state index contributed by atoms with van der Waals surface area (Å²) in [5, 5.41) is 0. The third-order valence-corrected chi connectivity index (χ3v) is 5.72. The Morgan fingerprint density at radius 1 is 1.43 bits per heavy atom. The maximum Gasteiger partial charge on any atom is 0.136 e. The van der Waals surface area contributed by atoms with Gasteiger partial charge >= 0.3 is 0 Å². The first-order valence-electron chi connectivity index (χ1n) is 7.91. The molecule has 2 aliphatic rings. The topological polar surface area (TPSA) is 39.2 Å². The van der Waals surface area contributed by atoms with Gasteiger partial charge in [-0.3, -0.25) is 9.78 Å². The van der Waals surface area contributed by atoms with Crippen LogP contribution in [0.4, 0.5) is 0 Å². The summed E-state index contributed by atoms with van der Waals surface area (Å²) in [5.41, 5.74) is 1.17. The van der Waals surface area contributed by atoms with Crippen molar-refractivity contribution in [2.45, 2.75) is 44.1 Å². The van der Waals surface area contributed by atoms with E-state index in [2.05, 4.69) is 4.98 Å². The number of ether oxygens (including phenoxy) is 1. The van der Waals surface area contributed by atoms with Crippen LogP contribution >= 0.6 is 11.8 Å². The Hall–Kier alpha value is -0.870. The maximum absolute atomic E-state index is 12.5. The van der Waals surface area contributed by atoms with E-state index in [0.717, 1.165) is 44.3 Å². The molecule has 0 amide bonds. The molecule has 0 radical (unpaired) electrons. The van der Waals surface area contributed by atoms with Gasteiger partial charge in [0, 0.05) is 31.3 Å². The molecule has 0 N–H and O–H groups in total. The Bertz CT molecular complexity index is 465. The average Bonchev–Trinajstić information content (AvgIpc) is 2.54. The van der Waals surface area contributed by atoms with Crippen molar-refractivity contribution in [1.29, 1.82) is 0 Å². The van der Waals surface area contributed by atoms with Crippen LogP contribution in [0.5, 0.6) is 0 Å². The Labute approximate surface area is 130 Å². The van der Waals surface area contributed by atoms with Crippen molar-refractivity contribution in [3.63, 3.8) is 0 Å². The van der Waals surface area contributed by atoms with Crippen molar-refractivity contribution in [3.8, 4) is 0 Å². The molecule has 0 aromatic carbocycles. The Kier molecular flexibility index (Phi) is 4.96. The van der Waals surface area contributed by atoms with E-state index >= 15 is 0 Å². The molecule has 2 fully saturated rings. The number of hydrogen-bond acceptors (Lipinski definition) is 4. The monoisotopic (exact) mass is 305 g/mol. The molecule has 114 valence electrons. The van der Waals surface area contributed by atoms with Crippen LogP contribution in [0.1, 0.15) is 37.7 Å². The van der Waals surface area contributed by atoms with Gasteiger partial charge in [0.05, 0.1) is 5.60 Å². The molecule has 1 aromatic rings. The summed E-state index contributed by atoms with van der Waals surface area (Å²) in [6, 6.07) is 3.98. The summed E-state index contributed by atoms with van der Waals surface area (Å²) in [6.45, 7) is 0.758. The van der Waals surface area contributed by atoms with Gasteiger partial charge in [-0.15, -0.1) is 0 Å².